The molecule has 8 saturated heterocycles. The van der Waals surface area contributed by atoms with Gasteiger partial charge in [-0.3, -0.25) is 14.4 Å². The van der Waals surface area contributed by atoms with Crippen LogP contribution < -0.4 is 0 Å². The van der Waals surface area contributed by atoms with Crippen LogP contribution >= 0.6 is 0 Å². The van der Waals surface area contributed by atoms with Crippen molar-refractivity contribution >= 4 is 17.9 Å². The second kappa shape index (κ2) is 25.8. The Balaban J connectivity index is 0.951. The lowest BCUT2D eigenvalue weighted by molar-refractivity contribution is -0.377. The molecule has 14 N–H and O–H groups in total. The Kier molecular flexibility index (Phi) is 19.8. The molecule has 17 aliphatic rings. The number of carbonyl (C=O) groups is 3. The largest absolute Gasteiger partial charge is 0.457 e. The second-order valence-electron chi connectivity index (χ2n) is 30.5. The molecule has 29 heteroatoms. The minimum atomic E-state index is -2.29. The van der Waals surface area contributed by atoms with Gasteiger partial charge < -0.3 is 128 Å². The van der Waals surface area contributed by atoms with E-state index in [2.05, 4.69) is 40.7 Å². The van der Waals surface area contributed by atoms with E-state index < -0.39 is 244 Å². The quantitative estimate of drug-likeness (QED) is 0.0590. The fourth-order valence-corrected chi connectivity index (χ4v) is 18.5. The first-order chi connectivity index (χ1) is 43.1. The second-order valence-corrected chi connectivity index (χ2v) is 30.5. The van der Waals surface area contributed by atoms with Crippen molar-refractivity contribution in [3.63, 3.8) is 0 Å². The van der Waals surface area contributed by atoms with Crippen LogP contribution in [0.1, 0.15) is 126 Å². The lowest BCUT2D eigenvalue weighted by Gasteiger charge is -2.72. The van der Waals surface area contributed by atoms with Gasteiger partial charge in [-0.05, 0) is 111 Å². The number of hydrogen-bond donors (Lipinski definition) is 14. The molecule has 4 unspecified atom stereocenters. The van der Waals surface area contributed by atoms with E-state index >= 15 is 4.79 Å². The smallest absolute Gasteiger partial charge is 0.315 e. The van der Waals surface area contributed by atoms with E-state index in [4.69, 9.17) is 56.8 Å². The highest BCUT2D eigenvalue weighted by atomic mass is 16.8. The monoisotopic (exact) mass is 1320 g/mol. The third-order valence-electron chi connectivity index (χ3n) is 24.0. The van der Waals surface area contributed by atoms with Gasteiger partial charge in [-0.25, -0.2) is 0 Å². The summed E-state index contributed by atoms with van der Waals surface area (Å²) in [6.07, 6.45) is -36.9. The van der Waals surface area contributed by atoms with Gasteiger partial charge in [0.25, 0.3) is 0 Å². The Bertz CT molecular complexity index is 2700. The van der Waals surface area contributed by atoms with Crippen molar-refractivity contribution in [1.29, 1.82) is 0 Å². The fraction of sp³-hybridized carbons (Fsp3) is 0.921. The van der Waals surface area contributed by atoms with E-state index in [1.165, 1.54) is 6.92 Å². The van der Waals surface area contributed by atoms with Crippen LogP contribution in [0.3, 0.4) is 0 Å². The van der Waals surface area contributed by atoms with Gasteiger partial charge >= 0.3 is 17.9 Å². The maximum atomic E-state index is 15.6. The average Bonchev–Trinajstić information content (AvgIpc) is 0.674. The molecule has 12 heterocycles. The van der Waals surface area contributed by atoms with E-state index in [1.54, 1.807) is 0 Å². The van der Waals surface area contributed by atoms with Gasteiger partial charge in [-0.15, -0.1) is 0 Å². The van der Waals surface area contributed by atoms with Gasteiger partial charge in [0.2, 0.25) is 6.29 Å². The Labute approximate surface area is 533 Å². The SMILES string of the molecule is C[C@@H]1O[C@H]2O[C@H]3[C@@H](OC[C@H](O)[C@@H]3O)OC(=O)[C@]34CCC(C)(C)CC3C3=CC[C@H]5[C@@]6(C)C[C@H](O)[C@H](O[C@@H]7O[C@H](CO)[C@@H](O)[C@H](O)[C@H]7O[C@@H]7OC[C@H](OC(=O)CC(C)(O)CC(=O)O[C@H]1[C@@H](O[C@@H]1OC[C@@H](O)[C@H](O)[C@H]1O)[C@H]2O)[C@H](O)[C@H]7O)[C@@](C)(CO)C6CC[C@@]5(C)C3(C)CC4. The number of carbonyl (C=O) groups excluding carboxylic acids is 3. The molecule has 12 aliphatic heterocycles. The van der Waals surface area contributed by atoms with Crippen molar-refractivity contribution in [2.75, 3.05) is 33.0 Å². The number of hydrogen-bond acceptors (Lipinski definition) is 29. The zero-order valence-corrected chi connectivity index (χ0v) is 53.4. The van der Waals surface area contributed by atoms with Crippen LogP contribution in [0.25, 0.3) is 0 Å². The molecule has 12 fully saturated rings. The molecule has 1 spiro atoms. The predicted octanol–water partition coefficient (Wildman–Crippen LogP) is -2.68. The average molecular weight is 1320 g/mol. The summed E-state index contributed by atoms with van der Waals surface area (Å²) in [6, 6.07) is 0. The van der Waals surface area contributed by atoms with E-state index in [9.17, 15) is 81.1 Å². The predicted molar refractivity (Wildman–Crippen MR) is 306 cm³/mol. The number of ether oxygens (including phenoxy) is 12. The third-order valence-corrected chi connectivity index (χ3v) is 24.0. The minimum absolute atomic E-state index is 0.109. The van der Waals surface area contributed by atoms with Crippen LogP contribution in [0.15, 0.2) is 11.6 Å². The van der Waals surface area contributed by atoms with Gasteiger partial charge in [-0.1, -0.05) is 53.2 Å². The van der Waals surface area contributed by atoms with E-state index in [-0.39, 0.29) is 29.6 Å². The molecule has 92 heavy (non-hydrogen) atoms. The van der Waals surface area contributed by atoms with Crippen molar-refractivity contribution in [2.24, 2.45) is 50.2 Å². The van der Waals surface area contributed by atoms with Crippen molar-refractivity contribution in [2.45, 2.75) is 279 Å². The van der Waals surface area contributed by atoms with Crippen LogP contribution in [0.2, 0.25) is 0 Å². The van der Waals surface area contributed by atoms with Crippen molar-refractivity contribution in [3.8, 4) is 0 Å². The molecular formula is C63H98O29. The topological polar surface area (TPSA) is 445 Å². The molecule has 4 saturated carbocycles. The van der Waals surface area contributed by atoms with Crippen LogP contribution in [0.4, 0.5) is 0 Å². The summed E-state index contributed by atoms with van der Waals surface area (Å²) in [5, 5.41) is 159. The standard InChI is InChI=1S/C63H98O29/c1-26-46-47(88-51-43(76)38(71)30(67)22-81-51)45(78)53(84-26)90-48-39(72)31(68)23-82-54(48)92-56(79)63-15-13-57(2,3)17-28(63)27-9-10-35-59(5)18-29(66)50(60(6,25-65)34(59)11-12-62(35,8)61(27,7)14-16-63)91-55-49(42(75)40(73)32(21-64)86-55)89-52-44(77)41(74)33(24-83-52)85-36(69)19-58(4,80)20-37(70)87-46/h9,26,28-35,38-55,64-68,71-78,80H,10-25H2,1-8H3/t26-,28?,29-,30+,31-,32+,33-,34?,35-,38-,39-,40+,41-,42-,43+,44+,45+,46+,47-,48+,49+,50-,51-,52-,53-,54-,55-,58?,59-,60-,61?,62+,63-/m0/s1. The minimum Gasteiger partial charge on any atom is -0.457 e. The van der Waals surface area contributed by atoms with Gasteiger partial charge in [0, 0.05) is 5.41 Å². The molecule has 0 aromatic heterocycles. The lowest BCUT2D eigenvalue weighted by atomic mass is 9.33. The Morgan fingerprint density at radius 1 is 0.565 bits per heavy atom. The van der Waals surface area contributed by atoms with Gasteiger partial charge in [0.1, 0.15) is 79.4 Å². The zero-order chi connectivity index (χ0) is 66.9. The first-order valence-electron chi connectivity index (χ1n) is 32.6. The van der Waals surface area contributed by atoms with Crippen LogP contribution in [-0.4, -0.2) is 275 Å². The van der Waals surface area contributed by atoms with Gasteiger partial charge in [0.15, 0.2) is 43.5 Å². The number of allylic oxidation sites excluding steroid dienone is 2. The summed E-state index contributed by atoms with van der Waals surface area (Å²) < 4.78 is 72.3. The van der Waals surface area contributed by atoms with Gasteiger partial charge in [-0.2, -0.15) is 0 Å². The van der Waals surface area contributed by atoms with Crippen molar-refractivity contribution < 1.29 is 143 Å². The number of esters is 3. The fourth-order valence-electron chi connectivity index (χ4n) is 18.5. The molecule has 17 rings (SSSR count). The molecule has 12 bridgehead atoms. The van der Waals surface area contributed by atoms with Crippen LogP contribution in [0, 0.1) is 50.2 Å². The molecule has 5 aliphatic carbocycles. The van der Waals surface area contributed by atoms with Crippen LogP contribution in [0.5, 0.6) is 0 Å². The van der Waals surface area contributed by atoms with Crippen LogP contribution in [-0.2, 0) is 71.2 Å². The van der Waals surface area contributed by atoms with Gasteiger partial charge in [0.05, 0.1) is 75.2 Å². The zero-order valence-electron chi connectivity index (χ0n) is 53.4. The first-order valence-corrected chi connectivity index (χ1v) is 32.6. The lowest BCUT2D eigenvalue weighted by Crippen LogP contribution is -2.70. The third kappa shape index (κ3) is 12.1. The Morgan fingerprint density at radius 3 is 1.90 bits per heavy atom. The van der Waals surface area contributed by atoms with E-state index in [1.807, 2.05) is 6.92 Å². The summed E-state index contributed by atoms with van der Waals surface area (Å²) >= 11 is 0. The highest BCUT2D eigenvalue weighted by molar-refractivity contribution is 5.79. The maximum Gasteiger partial charge on any atom is 0.315 e. The molecule has 0 aromatic carbocycles. The highest BCUT2D eigenvalue weighted by Gasteiger charge is 2.72. The number of aliphatic hydroxyl groups is 14. The molecule has 33 atom stereocenters. The van der Waals surface area contributed by atoms with Crippen molar-refractivity contribution in [1.82, 2.24) is 0 Å². The molecule has 0 aromatic rings. The Hall–Kier alpha value is -2.77. The van der Waals surface area contributed by atoms with E-state index in [0.29, 0.717) is 51.4 Å². The summed E-state index contributed by atoms with van der Waals surface area (Å²) in [4.78, 5) is 43.1. The normalized spacial score (nSPS) is 54.4. The Morgan fingerprint density at radius 2 is 1.21 bits per heavy atom. The first kappa shape index (κ1) is 70.5. The van der Waals surface area contributed by atoms with E-state index in [0.717, 1.165) is 12.5 Å². The summed E-state index contributed by atoms with van der Waals surface area (Å²) in [7, 11) is 0. The highest BCUT2D eigenvalue weighted by Crippen LogP contribution is 2.76. The van der Waals surface area contributed by atoms with Crippen molar-refractivity contribution in [3.05, 3.63) is 11.6 Å². The summed E-state index contributed by atoms with van der Waals surface area (Å²) in [6.45, 7) is 12.2. The molecule has 0 radical (unpaired) electrons. The summed E-state index contributed by atoms with van der Waals surface area (Å²) in [5.74, 6) is -3.90. The molecule has 524 valence electrons. The molecular weight excluding hydrogens is 1220 g/mol. The summed E-state index contributed by atoms with van der Waals surface area (Å²) in [5.41, 5.74) is -5.49. The molecule has 29 nitrogen and oxygen atoms in total. The number of rotatable bonds is 4. The molecule has 0 amide bonds. The maximum absolute atomic E-state index is 15.6. The number of aliphatic hydroxyl groups excluding tert-OH is 13.